The van der Waals surface area contributed by atoms with E-state index in [4.69, 9.17) is 5.73 Å². The second-order valence-electron chi connectivity index (χ2n) is 2.49. The van der Waals surface area contributed by atoms with E-state index in [1.54, 1.807) is 6.26 Å². The summed E-state index contributed by atoms with van der Waals surface area (Å²) in [6.45, 7) is 2.02. The number of hydrogen-bond donors (Lipinski definition) is 2. The van der Waals surface area contributed by atoms with E-state index < -0.39 is 16.7 Å². The van der Waals surface area contributed by atoms with Gasteiger partial charge in [-0.05, 0) is 6.92 Å². The molecule has 5 heteroatoms. The second kappa shape index (κ2) is 5.26. The van der Waals surface area contributed by atoms with Crippen LogP contribution in [0.3, 0.4) is 0 Å². The zero-order valence-corrected chi connectivity index (χ0v) is 7.61. The fraction of sp³-hybridized carbons (Fsp3) is 0.833. The van der Waals surface area contributed by atoms with Crippen molar-refractivity contribution in [1.82, 2.24) is 5.32 Å². The van der Waals surface area contributed by atoms with Crippen molar-refractivity contribution in [2.45, 2.75) is 13.0 Å². The van der Waals surface area contributed by atoms with E-state index in [1.165, 1.54) is 0 Å². The number of carbonyl (C=O) groups is 1. The smallest absolute Gasteiger partial charge is 0.231 e. The lowest BCUT2D eigenvalue weighted by atomic mass is 10.4. The van der Waals surface area contributed by atoms with Crippen molar-refractivity contribution >= 4 is 16.7 Å². The predicted octanol–water partition coefficient (Wildman–Crippen LogP) is -1.17. The topological polar surface area (TPSA) is 72.2 Å². The number of rotatable bonds is 5. The van der Waals surface area contributed by atoms with Crippen molar-refractivity contribution in [1.29, 1.82) is 0 Å². The van der Waals surface area contributed by atoms with Gasteiger partial charge in [-0.1, -0.05) is 0 Å². The molecule has 0 bridgehead atoms. The van der Waals surface area contributed by atoms with Crippen LogP contribution in [0, 0.1) is 0 Å². The molecule has 2 unspecified atom stereocenters. The van der Waals surface area contributed by atoms with Crippen LogP contribution in [0.2, 0.25) is 0 Å². The van der Waals surface area contributed by atoms with E-state index >= 15 is 0 Å². The SMILES string of the molecule is CC(CS(C)=O)NCC(N)=O. The number of nitrogens with one attached hydrogen (secondary N) is 1. The maximum Gasteiger partial charge on any atom is 0.231 e. The lowest BCUT2D eigenvalue weighted by molar-refractivity contribution is -0.117. The zero-order chi connectivity index (χ0) is 8.85. The molecule has 0 aliphatic heterocycles. The Balaban J connectivity index is 3.44. The Hall–Kier alpha value is -0.420. The van der Waals surface area contributed by atoms with Crippen molar-refractivity contribution in [3.8, 4) is 0 Å². The summed E-state index contributed by atoms with van der Waals surface area (Å²) in [5.41, 5.74) is 4.89. The summed E-state index contributed by atoms with van der Waals surface area (Å²) in [7, 11) is -0.825. The van der Waals surface area contributed by atoms with Crippen molar-refractivity contribution in [2.75, 3.05) is 18.6 Å². The highest BCUT2D eigenvalue weighted by Crippen LogP contribution is 1.83. The van der Waals surface area contributed by atoms with Gasteiger partial charge in [-0.3, -0.25) is 9.00 Å². The molecular formula is C6H14N2O2S. The first-order chi connectivity index (χ1) is 5.02. The quantitative estimate of drug-likeness (QED) is 0.557. The minimum Gasteiger partial charge on any atom is -0.369 e. The molecule has 0 saturated carbocycles. The highest BCUT2D eigenvalue weighted by molar-refractivity contribution is 7.84. The fourth-order valence-corrected chi connectivity index (χ4v) is 1.51. The Morgan fingerprint density at radius 2 is 2.27 bits per heavy atom. The predicted molar refractivity (Wildman–Crippen MR) is 45.6 cm³/mol. The van der Waals surface area contributed by atoms with Crippen LogP contribution in [-0.2, 0) is 15.6 Å². The Labute approximate surface area is 69.0 Å². The highest BCUT2D eigenvalue weighted by Gasteiger charge is 2.03. The first-order valence-electron chi connectivity index (χ1n) is 3.34. The summed E-state index contributed by atoms with van der Waals surface area (Å²) in [4.78, 5) is 10.3. The lowest BCUT2D eigenvalue weighted by Crippen LogP contribution is -2.37. The van der Waals surface area contributed by atoms with Gasteiger partial charge in [0.05, 0.1) is 6.54 Å². The second-order valence-corrected chi connectivity index (χ2v) is 3.97. The lowest BCUT2D eigenvalue weighted by Gasteiger charge is -2.09. The van der Waals surface area contributed by atoms with Crippen molar-refractivity contribution in [3.05, 3.63) is 0 Å². The monoisotopic (exact) mass is 178 g/mol. The molecule has 0 aromatic rings. The van der Waals surface area contributed by atoms with E-state index in [0.717, 1.165) is 0 Å². The third kappa shape index (κ3) is 7.48. The average molecular weight is 178 g/mol. The van der Waals surface area contributed by atoms with Gasteiger partial charge in [0.1, 0.15) is 0 Å². The Kier molecular flexibility index (Phi) is 5.06. The minimum absolute atomic E-state index is 0.0772. The number of nitrogens with two attached hydrogens (primary N) is 1. The van der Waals surface area contributed by atoms with Gasteiger partial charge in [0.15, 0.2) is 0 Å². The molecule has 1 amide bonds. The van der Waals surface area contributed by atoms with Crippen molar-refractivity contribution < 1.29 is 9.00 Å². The Morgan fingerprint density at radius 1 is 1.73 bits per heavy atom. The molecule has 0 aliphatic rings. The Bertz CT molecular complexity index is 161. The standard InChI is InChI=1S/C6H14N2O2S/c1-5(4-11(2)10)8-3-6(7)9/h5,8H,3-4H2,1-2H3,(H2,7,9). The van der Waals surface area contributed by atoms with Gasteiger partial charge in [-0.15, -0.1) is 0 Å². The molecule has 11 heavy (non-hydrogen) atoms. The van der Waals surface area contributed by atoms with Gasteiger partial charge in [0.2, 0.25) is 5.91 Å². The zero-order valence-electron chi connectivity index (χ0n) is 6.79. The summed E-state index contributed by atoms with van der Waals surface area (Å²) in [6, 6.07) is 0.0772. The molecule has 4 nitrogen and oxygen atoms in total. The highest BCUT2D eigenvalue weighted by atomic mass is 32.2. The molecule has 0 aliphatic carbocycles. The molecule has 0 fully saturated rings. The van der Waals surface area contributed by atoms with Gasteiger partial charge >= 0.3 is 0 Å². The maximum atomic E-state index is 10.7. The molecule has 2 atom stereocenters. The minimum atomic E-state index is -0.825. The van der Waals surface area contributed by atoms with E-state index in [1.807, 2.05) is 6.92 Å². The third-order valence-electron chi connectivity index (χ3n) is 1.11. The molecule has 0 saturated heterocycles. The van der Waals surface area contributed by atoms with Crippen LogP contribution in [0.4, 0.5) is 0 Å². The van der Waals surface area contributed by atoms with Gasteiger partial charge in [-0.25, -0.2) is 0 Å². The maximum absolute atomic E-state index is 10.7. The molecular weight excluding hydrogens is 164 g/mol. The molecule has 3 N–H and O–H groups in total. The normalized spacial score (nSPS) is 15.8. The van der Waals surface area contributed by atoms with Gasteiger partial charge in [-0.2, -0.15) is 0 Å². The van der Waals surface area contributed by atoms with Crippen LogP contribution in [0.15, 0.2) is 0 Å². The van der Waals surface area contributed by atoms with E-state index in [0.29, 0.717) is 5.75 Å². The third-order valence-corrected chi connectivity index (χ3v) is 2.08. The molecule has 0 radical (unpaired) electrons. The fourth-order valence-electron chi connectivity index (χ4n) is 0.686. The van der Waals surface area contributed by atoms with Crippen LogP contribution >= 0.6 is 0 Å². The molecule has 0 aromatic carbocycles. The average Bonchev–Trinajstić information content (AvgIpc) is 1.82. The van der Waals surface area contributed by atoms with E-state index in [2.05, 4.69) is 5.32 Å². The number of amides is 1. The van der Waals surface area contributed by atoms with Gasteiger partial charge < -0.3 is 11.1 Å². The summed E-state index contributed by atoms with van der Waals surface area (Å²) in [5, 5.41) is 2.85. The van der Waals surface area contributed by atoms with Crippen LogP contribution in [-0.4, -0.2) is 34.7 Å². The van der Waals surface area contributed by atoms with Crippen LogP contribution in [0.5, 0.6) is 0 Å². The Morgan fingerprint density at radius 3 is 2.64 bits per heavy atom. The summed E-state index contributed by atoms with van der Waals surface area (Å²) in [5.74, 6) is 0.159. The number of hydrogen-bond acceptors (Lipinski definition) is 3. The van der Waals surface area contributed by atoms with Gasteiger partial charge in [0, 0.05) is 28.9 Å². The number of carbonyl (C=O) groups excluding carboxylic acids is 1. The first kappa shape index (κ1) is 10.6. The van der Waals surface area contributed by atoms with E-state index in [-0.39, 0.29) is 12.6 Å². The summed E-state index contributed by atoms with van der Waals surface area (Å²) >= 11 is 0. The molecule has 0 heterocycles. The largest absolute Gasteiger partial charge is 0.369 e. The van der Waals surface area contributed by atoms with Crippen molar-refractivity contribution in [2.24, 2.45) is 5.73 Å². The molecule has 0 spiro atoms. The molecule has 0 aromatic heterocycles. The molecule has 0 rings (SSSR count). The summed E-state index contributed by atoms with van der Waals surface area (Å²) in [6.07, 6.45) is 1.63. The number of primary amides is 1. The van der Waals surface area contributed by atoms with Crippen LogP contribution in [0.25, 0.3) is 0 Å². The summed E-state index contributed by atoms with van der Waals surface area (Å²) < 4.78 is 10.7. The first-order valence-corrected chi connectivity index (χ1v) is 5.06. The van der Waals surface area contributed by atoms with Crippen LogP contribution in [0.1, 0.15) is 6.92 Å². The molecule has 66 valence electrons. The van der Waals surface area contributed by atoms with E-state index in [9.17, 15) is 9.00 Å². The van der Waals surface area contributed by atoms with Crippen LogP contribution < -0.4 is 11.1 Å². The van der Waals surface area contributed by atoms with Gasteiger partial charge in [0.25, 0.3) is 0 Å². The van der Waals surface area contributed by atoms with Crippen molar-refractivity contribution in [3.63, 3.8) is 0 Å².